The molecule has 0 atom stereocenters. The van der Waals surface area contributed by atoms with Gasteiger partial charge in [-0.25, -0.2) is 9.97 Å². The lowest BCUT2D eigenvalue weighted by molar-refractivity contribution is 0.0254. The molecule has 0 radical (unpaired) electrons. The summed E-state index contributed by atoms with van der Waals surface area (Å²) in [5, 5.41) is 13.0. The molecular weight excluding hydrogens is 480 g/mol. The van der Waals surface area contributed by atoms with Crippen LogP contribution in [0, 0.1) is 11.3 Å². The lowest BCUT2D eigenvalue weighted by Crippen LogP contribution is -2.32. The number of ether oxygens (including phenoxy) is 3. The number of nitrogens with zero attached hydrogens (tertiary/aromatic N) is 5. The number of aromatic nitrogens is 3. The zero-order valence-electron chi connectivity index (χ0n) is 22.0. The van der Waals surface area contributed by atoms with Gasteiger partial charge in [-0.2, -0.15) is 10.2 Å². The molecule has 3 aromatic rings. The quantitative estimate of drug-likeness (QED) is 0.448. The standard InChI is InChI=1S/C29H34N6O3/c1-3-35-12-8-20(9-13-35)25-6-5-23(17-27(25)36-2)33-29-32-19-31-28(34-29)21-4-7-26(22(16-21)18-30)38-24-10-14-37-15-11-24/h4-7,16-17,19-20,24H,3,8-15H2,1-2H3,(H,31,32,33,34). The molecule has 2 fully saturated rings. The number of methoxy groups -OCH3 is 1. The third kappa shape index (κ3) is 6.04. The fourth-order valence-electron chi connectivity index (χ4n) is 5.14. The minimum absolute atomic E-state index is 0.0576. The number of nitrogens with one attached hydrogen (secondary N) is 1. The summed E-state index contributed by atoms with van der Waals surface area (Å²) in [6, 6.07) is 13.9. The van der Waals surface area contributed by atoms with Crippen LogP contribution in [0.5, 0.6) is 11.5 Å². The van der Waals surface area contributed by atoms with Crippen molar-refractivity contribution in [2.45, 2.75) is 44.6 Å². The van der Waals surface area contributed by atoms with Crippen molar-refractivity contribution in [2.24, 2.45) is 0 Å². The third-order valence-corrected chi connectivity index (χ3v) is 7.36. The van der Waals surface area contributed by atoms with E-state index in [2.05, 4.69) is 44.2 Å². The molecule has 0 amide bonds. The average molecular weight is 515 g/mol. The highest BCUT2D eigenvalue weighted by Gasteiger charge is 2.23. The number of piperidine rings is 1. The van der Waals surface area contributed by atoms with Crippen molar-refractivity contribution >= 4 is 11.6 Å². The molecule has 38 heavy (non-hydrogen) atoms. The van der Waals surface area contributed by atoms with Crippen LogP contribution in [0.25, 0.3) is 11.4 Å². The number of nitriles is 1. The summed E-state index contributed by atoms with van der Waals surface area (Å²) in [7, 11) is 1.72. The van der Waals surface area contributed by atoms with E-state index in [-0.39, 0.29) is 6.10 Å². The molecule has 198 valence electrons. The van der Waals surface area contributed by atoms with E-state index in [0.717, 1.165) is 62.3 Å². The van der Waals surface area contributed by atoms with Crippen molar-refractivity contribution in [1.82, 2.24) is 19.9 Å². The second-order valence-electron chi connectivity index (χ2n) is 9.68. The van der Waals surface area contributed by atoms with Crippen LogP contribution in [0.3, 0.4) is 0 Å². The van der Waals surface area contributed by atoms with Crippen molar-refractivity contribution in [2.75, 3.05) is 45.3 Å². The molecule has 2 saturated heterocycles. The molecule has 2 aliphatic rings. The fourth-order valence-corrected chi connectivity index (χ4v) is 5.14. The summed E-state index contributed by atoms with van der Waals surface area (Å²) in [4.78, 5) is 15.7. The zero-order chi connectivity index (χ0) is 26.3. The first-order valence-electron chi connectivity index (χ1n) is 13.3. The van der Waals surface area contributed by atoms with Gasteiger partial charge in [0.05, 0.1) is 25.9 Å². The lowest BCUT2D eigenvalue weighted by Gasteiger charge is -2.32. The lowest BCUT2D eigenvalue weighted by atomic mass is 9.88. The van der Waals surface area contributed by atoms with Crippen LogP contribution in [-0.4, -0.2) is 65.9 Å². The van der Waals surface area contributed by atoms with Crippen LogP contribution in [0.15, 0.2) is 42.7 Å². The Bertz CT molecular complexity index is 1280. The van der Waals surface area contributed by atoms with Gasteiger partial charge in [-0.3, -0.25) is 0 Å². The van der Waals surface area contributed by atoms with Gasteiger partial charge in [-0.1, -0.05) is 13.0 Å². The van der Waals surface area contributed by atoms with E-state index >= 15 is 0 Å². The number of hydrogen-bond acceptors (Lipinski definition) is 9. The van der Waals surface area contributed by atoms with E-state index in [1.807, 2.05) is 24.3 Å². The molecule has 3 heterocycles. The van der Waals surface area contributed by atoms with Gasteiger partial charge in [0.1, 0.15) is 30.0 Å². The number of hydrogen-bond donors (Lipinski definition) is 1. The van der Waals surface area contributed by atoms with Crippen LogP contribution in [0.1, 0.15) is 49.7 Å². The Hall–Kier alpha value is -3.74. The Morgan fingerprint density at radius 3 is 2.61 bits per heavy atom. The van der Waals surface area contributed by atoms with Crippen molar-refractivity contribution in [1.29, 1.82) is 5.26 Å². The third-order valence-electron chi connectivity index (χ3n) is 7.36. The summed E-state index contributed by atoms with van der Waals surface area (Å²) in [6.07, 6.45) is 5.44. The largest absolute Gasteiger partial charge is 0.496 e. The summed E-state index contributed by atoms with van der Waals surface area (Å²) >= 11 is 0. The molecule has 9 heteroatoms. The molecular formula is C29H34N6O3. The molecule has 0 bridgehead atoms. The van der Waals surface area contributed by atoms with E-state index in [4.69, 9.17) is 14.2 Å². The van der Waals surface area contributed by atoms with E-state index in [1.54, 1.807) is 13.2 Å². The van der Waals surface area contributed by atoms with Crippen molar-refractivity contribution in [3.05, 3.63) is 53.9 Å². The Kier molecular flexibility index (Phi) is 8.31. The Morgan fingerprint density at radius 1 is 1.05 bits per heavy atom. The van der Waals surface area contributed by atoms with Crippen LogP contribution < -0.4 is 14.8 Å². The normalized spacial score (nSPS) is 17.1. The Labute approximate surface area is 223 Å². The van der Waals surface area contributed by atoms with Gasteiger partial charge in [0.25, 0.3) is 0 Å². The zero-order valence-corrected chi connectivity index (χ0v) is 22.0. The molecule has 0 spiro atoms. The summed E-state index contributed by atoms with van der Waals surface area (Å²) in [5.41, 5.74) is 3.26. The van der Waals surface area contributed by atoms with E-state index in [1.165, 1.54) is 11.9 Å². The number of rotatable bonds is 8. The predicted molar refractivity (Wildman–Crippen MR) is 145 cm³/mol. The Morgan fingerprint density at radius 2 is 1.87 bits per heavy atom. The maximum absolute atomic E-state index is 9.73. The highest BCUT2D eigenvalue weighted by Crippen LogP contribution is 2.36. The van der Waals surface area contributed by atoms with Crippen LogP contribution in [0.4, 0.5) is 11.6 Å². The fraction of sp³-hybridized carbons (Fsp3) is 0.448. The highest BCUT2D eigenvalue weighted by molar-refractivity contribution is 5.64. The van der Waals surface area contributed by atoms with Gasteiger partial charge in [-0.15, -0.1) is 0 Å². The van der Waals surface area contributed by atoms with Crippen molar-refractivity contribution in [3.8, 4) is 29.0 Å². The van der Waals surface area contributed by atoms with Crippen LogP contribution >= 0.6 is 0 Å². The number of anilines is 2. The van der Waals surface area contributed by atoms with Gasteiger partial charge in [0, 0.05) is 30.2 Å². The average Bonchev–Trinajstić information content (AvgIpc) is 2.98. The number of likely N-dealkylation sites (tertiary alicyclic amines) is 1. The smallest absolute Gasteiger partial charge is 0.230 e. The van der Waals surface area contributed by atoms with Gasteiger partial charge in [0.2, 0.25) is 5.95 Å². The summed E-state index contributed by atoms with van der Waals surface area (Å²) < 4.78 is 17.2. The second-order valence-corrected chi connectivity index (χ2v) is 9.68. The molecule has 0 saturated carbocycles. The topological polar surface area (TPSA) is 105 Å². The summed E-state index contributed by atoms with van der Waals surface area (Å²) in [6.45, 7) is 6.92. The molecule has 0 aliphatic carbocycles. The van der Waals surface area contributed by atoms with E-state index in [0.29, 0.717) is 42.2 Å². The van der Waals surface area contributed by atoms with Gasteiger partial charge < -0.3 is 24.4 Å². The number of benzene rings is 2. The van der Waals surface area contributed by atoms with E-state index in [9.17, 15) is 5.26 Å². The summed E-state index contributed by atoms with van der Waals surface area (Å²) in [5.74, 6) is 2.84. The predicted octanol–water partition coefficient (Wildman–Crippen LogP) is 4.92. The molecule has 0 unspecified atom stereocenters. The molecule has 1 N–H and O–H groups in total. The van der Waals surface area contributed by atoms with Gasteiger partial charge in [0.15, 0.2) is 5.82 Å². The van der Waals surface area contributed by atoms with Crippen molar-refractivity contribution in [3.63, 3.8) is 0 Å². The van der Waals surface area contributed by atoms with Crippen LogP contribution in [0.2, 0.25) is 0 Å². The maximum Gasteiger partial charge on any atom is 0.230 e. The molecule has 9 nitrogen and oxygen atoms in total. The van der Waals surface area contributed by atoms with E-state index < -0.39 is 0 Å². The van der Waals surface area contributed by atoms with Gasteiger partial charge in [-0.05, 0) is 68.2 Å². The van der Waals surface area contributed by atoms with Gasteiger partial charge >= 0.3 is 0 Å². The maximum atomic E-state index is 9.73. The Balaban J connectivity index is 1.30. The molecule has 2 aliphatic heterocycles. The molecule has 2 aromatic carbocycles. The first-order valence-corrected chi connectivity index (χ1v) is 13.3. The monoisotopic (exact) mass is 514 g/mol. The molecule has 5 rings (SSSR count). The minimum atomic E-state index is 0.0576. The SMILES string of the molecule is CCN1CCC(c2ccc(Nc3ncnc(-c4ccc(OC5CCOCC5)c(C#N)c4)n3)cc2OC)CC1. The first kappa shape index (κ1) is 25.9. The van der Waals surface area contributed by atoms with Crippen LogP contribution in [-0.2, 0) is 4.74 Å². The van der Waals surface area contributed by atoms with Crippen molar-refractivity contribution < 1.29 is 14.2 Å². The first-order chi connectivity index (χ1) is 18.7. The minimum Gasteiger partial charge on any atom is -0.496 e. The molecule has 1 aromatic heterocycles. The highest BCUT2D eigenvalue weighted by atomic mass is 16.5. The second kappa shape index (κ2) is 12.2.